The molecule has 2 amide bonds. The van der Waals surface area contributed by atoms with Crippen LogP contribution in [0.2, 0.25) is 0 Å². The van der Waals surface area contributed by atoms with E-state index in [1.54, 1.807) is 6.07 Å². The van der Waals surface area contributed by atoms with Gasteiger partial charge >= 0.3 is 0 Å². The van der Waals surface area contributed by atoms with Gasteiger partial charge in [0, 0.05) is 47.2 Å². The van der Waals surface area contributed by atoms with E-state index in [0.29, 0.717) is 18.7 Å². The molecule has 0 saturated heterocycles. The molecule has 0 bridgehead atoms. The number of nitrogens with zero attached hydrogens (tertiary/aromatic N) is 1. The van der Waals surface area contributed by atoms with Gasteiger partial charge in [-0.2, -0.15) is 0 Å². The first-order chi connectivity index (χ1) is 12.6. The summed E-state index contributed by atoms with van der Waals surface area (Å²) in [7, 11) is 0. The van der Waals surface area contributed by atoms with Gasteiger partial charge in [0.05, 0.1) is 6.54 Å². The van der Waals surface area contributed by atoms with Crippen LogP contribution in [0.3, 0.4) is 0 Å². The van der Waals surface area contributed by atoms with Crippen LogP contribution in [0.25, 0.3) is 10.9 Å². The molecule has 2 N–H and O–H groups in total. The van der Waals surface area contributed by atoms with Crippen LogP contribution in [-0.2, 0) is 17.8 Å². The molecule has 5 nitrogen and oxygen atoms in total. The summed E-state index contributed by atoms with van der Waals surface area (Å²) in [6.45, 7) is 3.20. The zero-order valence-corrected chi connectivity index (χ0v) is 14.7. The van der Waals surface area contributed by atoms with E-state index in [2.05, 4.69) is 22.4 Å². The van der Waals surface area contributed by atoms with Crippen molar-refractivity contribution in [2.45, 2.75) is 19.9 Å². The van der Waals surface area contributed by atoms with Crippen molar-refractivity contribution in [3.8, 4) is 0 Å². The third-order valence-electron chi connectivity index (χ3n) is 4.92. The molecule has 0 atom stereocenters. The summed E-state index contributed by atoms with van der Waals surface area (Å²) < 4.78 is 0. The van der Waals surface area contributed by atoms with Gasteiger partial charge in [-0.3, -0.25) is 9.59 Å². The quantitative estimate of drug-likeness (QED) is 0.765. The molecule has 3 aromatic rings. The summed E-state index contributed by atoms with van der Waals surface area (Å²) in [6.07, 6.45) is 0.807. The number of hydrogen-bond donors (Lipinski definition) is 2. The maximum absolute atomic E-state index is 12.6. The number of para-hydroxylation sites is 1. The van der Waals surface area contributed by atoms with Gasteiger partial charge in [0.2, 0.25) is 5.91 Å². The van der Waals surface area contributed by atoms with Gasteiger partial charge in [-0.25, -0.2) is 0 Å². The second kappa shape index (κ2) is 6.67. The Labute approximate surface area is 152 Å². The number of rotatable bonds is 3. The summed E-state index contributed by atoms with van der Waals surface area (Å²) in [5, 5.41) is 3.91. The van der Waals surface area contributed by atoms with Crippen molar-refractivity contribution < 1.29 is 9.59 Å². The van der Waals surface area contributed by atoms with Gasteiger partial charge < -0.3 is 15.2 Å². The van der Waals surface area contributed by atoms with E-state index in [0.717, 1.165) is 17.5 Å². The number of aromatic amines is 1. The van der Waals surface area contributed by atoms with Crippen LogP contribution < -0.4 is 5.32 Å². The SMILES string of the molecule is Cc1cccc(C(=O)NCC(=O)N2CCc3[nH]c4ccccc4c3C2)c1. The molecule has 0 spiro atoms. The molecule has 2 aromatic carbocycles. The number of carbonyl (C=O) groups is 2. The fourth-order valence-electron chi connectivity index (χ4n) is 3.54. The topological polar surface area (TPSA) is 65.2 Å². The highest BCUT2D eigenvalue weighted by atomic mass is 16.2. The maximum Gasteiger partial charge on any atom is 0.251 e. The van der Waals surface area contributed by atoms with Crippen molar-refractivity contribution in [2.75, 3.05) is 13.1 Å². The molecule has 1 aliphatic heterocycles. The molecule has 0 aliphatic carbocycles. The van der Waals surface area contributed by atoms with Crippen LogP contribution in [-0.4, -0.2) is 34.8 Å². The molecule has 26 heavy (non-hydrogen) atoms. The highest BCUT2D eigenvalue weighted by molar-refractivity contribution is 5.96. The normalized spacial score (nSPS) is 13.5. The van der Waals surface area contributed by atoms with Gasteiger partial charge in [0.1, 0.15) is 0 Å². The van der Waals surface area contributed by atoms with E-state index < -0.39 is 0 Å². The monoisotopic (exact) mass is 347 g/mol. The van der Waals surface area contributed by atoms with Crippen molar-refractivity contribution in [3.05, 3.63) is 70.9 Å². The minimum Gasteiger partial charge on any atom is -0.358 e. The molecule has 4 rings (SSSR count). The van der Waals surface area contributed by atoms with Gasteiger partial charge in [0.25, 0.3) is 5.91 Å². The third kappa shape index (κ3) is 3.08. The summed E-state index contributed by atoms with van der Waals surface area (Å²) in [4.78, 5) is 30.1. The minimum absolute atomic E-state index is 0.0183. The molecular weight excluding hydrogens is 326 g/mol. The lowest BCUT2D eigenvalue weighted by Gasteiger charge is -2.27. The summed E-state index contributed by atoms with van der Waals surface area (Å²) >= 11 is 0. The highest BCUT2D eigenvalue weighted by Crippen LogP contribution is 2.27. The van der Waals surface area contributed by atoms with Gasteiger partial charge in [-0.1, -0.05) is 35.9 Å². The van der Waals surface area contributed by atoms with Crippen LogP contribution in [0.15, 0.2) is 48.5 Å². The van der Waals surface area contributed by atoms with E-state index in [9.17, 15) is 9.59 Å². The van der Waals surface area contributed by atoms with Gasteiger partial charge in [-0.05, 0) is 25.1 Å². The Hall–Kier alpha value is -3.08. The largest absolute Gasteiger partial charge is 0.358 e. The average molecular weight is 347 g/mol. The number of nitrogens with one attached hydrogen (secondary N) is 2. The van der Waals surface area contributed by atoms with Crippen LogP contribution in [0.5, 0.6) is 0 Å². The van der Waals surface area contributed by atoms with Crippen LogP contribution in [0.4, 0.5) is 0 Å². The highest BCUT2D eigenvalue weighted by Gasteiger charge is 2.24. The summed E-state index contributed by atoms with van der Waals surface area (Å²) in [5.41, 5.74) is 5.10. The molecule has 1 aliphatic rings. The molecule has 0 saturated carbocycles. The van der Waals surface area contributed by atoms with E-state index in [4.69, 9.17) is 0 Å². The molecule has 0 unspecified atom stereocenters. The second-order valence-corrected chi connectivity index (χ2v) is 6.75. The van der Waals surface area contributed by atoms with Crippen molar-refractivity contribution >= 4 is 22.7 Å². The van der Waals surface area contributed by atoms with Gasteiger partial charge in [0.15, 0.2) is 0 Å². The summed E-state index contributed by atoms with van der Waals surface area (Å²) in [5.74, 6) is -0.270. The van der Waals surface area contributed by atoms with Crippen LogP contribution in [0, 0.1) is 6.92 Å². The first-order valence-corrected chi connectivity index (χ1v) is 8.83. The predicted molar refractivity (Wildman–Crippen MR) is 101 cm³/mol. The Morgan fingerprint density at radius 3 is 2.85 bits per heavy atom. The number of aromatic nitrogens is 1. The predicted octanol–water partition coefficient (Wildman–Crippen LogP) is 2.79. The smallest absolute Gasteiger partial charge is 0.251 e. The number of amides is 2. The number of fused-ring (bicyclic) bond motifs is 3. The molecule has 1 aromatic heterocycles. The minimum atomic E-state index is -0.216. The maximum atomic E-state index is 12.6. The summed E-state index contributed by atoms with van der Waals surface area (Å²) in [6, 6.07) is 15.5. The van der Waals surface area contributed by atoms with E-state index in [1.807, 2.05) is 42.2 Å². The zero-order valence-electron chi connectivity index (χ0n) is 14.7. The Morgan fingerprint density at radius 1 is 1.15 bits per heavy atom. The lowest BCUT2D eigenvalue weighted by atomic mass is 10.0. The molecule has 132 valence electrons. The van der Waals surface area contributed by atoms with Crippen molar-refractivity contribution in [2.24, 2.45) is 0 Å². The number of aryl methyl sites for hydroxylation is 1. The molecule has 0 fully saturated rings. The molecule has 2 heterocycles. The van der Waals surface area contributed by atoms with E-state index >= 15 is 0 Å². The lowest BCUT2D eigenvalue weighted by Crippen LogP contribution is -2.42. The third-order valence-corrected chi connectivity index (χ3v) is 4.92. The van der Waals surface area contributed by atoms with Crippen molar-refractivity contribution in [1.29, 1.82) is 0 Å². The fraction of sp³-hybridized carbons (Fsp3) is 0.238. The standard InChI is InChI=1S/C21H21N3O2/c1-14-5-4-6-15(11-14)21(26)22-12-20(25)24-10-9-19-17(13-24)16-7-2-3-8-18(16)23-19/h2-8,11,23H,9-10,12-13H2,1H3,(H,22,26). The molecular formula is C21H21N3O2. The average Bonchev–Trinajstić information content (AvgIpc) is 3.03. The Balaban J connectivity index is 1.42. The first kappa shape index (κ1) is 16.4. The Kier molecular flexibility index (Phi) is 4.21. The number of hydrogen-bond acceptors (Lipinski definition) is 2. The van der Waals surface area contributed by atoms with Crippen molar-refractivity contribution in [3.63, 3.8) is 0 Å². The van der Waals surface area contributed by atoms with Crippen LogP contribution >= 0.6 is 0 Å². The first-order valence-electron chi connectivity index (χ1n) is 8.83. The van der Waals surface area contributed by atoms with Crippen molar-refractivity contribution in [1.82, 2.24) is 15.2 Å². The number of carbonyl (C=O) groups excluding carboxylic acids is 2. The van der Waals surface area contributed by atoms with Gasteiger partial charge in [-0.15, -0.1) is 0 Å². The molecule has 5 heteroatoms. The lowest BCUT2D eigenvalue weighted by molar-refractivity contribution is -0.131. The zero-order chi connectivity index (χ0) is 18.1. The van der Waals surface area contributed by atoms with E-state index in [1.165, 1.54) is 16.6 Å². The fourth-order valence-corrected chi connectivity index (χ4v) is 3.54. The molecule has 0 radical (unpaired) electrons. The number of H-pyrrole nitrogens is 1. The Bertz CT molecular complexity index is 990. The Morgan fingerprint density at radius 2 is 2.00 bits per heavy atom. The van der Waals surface area contributed by atoms with Crippen LogP contribution in [0.1, 0.15) is 27.2 Å². The number of benzene rings is 2. The van der Waals surface area contributed by atoms with E-state index in [-0.39, 0.29) is 18.4 Å². The second-order valence-electron chi connectivity index (χ2n) is 6.75.